The van der Waals surface area contributed by atoms with Gasteiger partial charge in [0.1, 0.15) is 11.4 Å². The molecule has 19 heavy (non-hydrogen) atoms. The van der Waals surface area contributed by atoms with Crippen molar-refractivity contribution in [2.75, 3.05) is 11.4 Å². The Balaban J connectivity index is 2.03. The van der Waals surface area contributed by atoms with Crippen LogP contribution in [0.5, 0.6) is 0 Å². The van der Waals surface area contributed by atoms with E-state index in [2.05, 4.69) is 10.00 Å². The maximum Gasteiger partial charge on any atom is 0.341 e. The molecular weight excluding hydrogens is 242 g/mol. The summed E-state index contributed by atoms with van der Waals surface area (Å²) in [6, 6.07) is 0.515. The van der Waals surface area contributed by atoms with Gasteiger partial charge in [0.2, 0.25) is 0 Å². The number of carboxylic acids is 1. The van der Waals surface area contributed by atoms with Gasteiger partial charge in [0.15, 0.2) is 0 Å². The van der Waals surface area contributed by atoms with Crippen molar-refractivity contribution in [3.63, 3.8) is 0 Å². The molecule has 1 saturated heterocycles. The minimum Gasteiger partial charge on any atom is -0.477 e. The third kappa shape index (κ3) is 1.91. The van der Waals surface area contributed by atoms with Gasteiger partial charge in [0.25, 0.3) is 0 Å². The zero-order chi connectivity index (χ0) is 13.6. The Morgan fingerprint density at radius 1 is 1.32 bits per heavy atom. The van der Waals surface area contributed by atoms with Crippen molar-refractivity contribution >= 4 is 11.8 Å². The molecule has 3 rings (SSSR count). The second kappa shape index (κ2) is 4.54. The van der Waals surface area contributed by atoms with Crippen molar-refractivity contribution in [2.45, 2.75) is 45.1 Å². The fourth-order valence-corrected chi connectivity index (χ4v) is 3.94. The van der Waals surface area contributed by atoms with Crippen LogP contribution >= 0.6 is 0 Å². The molecule has 1 saturated carbocycles. The summed E-state index contributed by atoms with van der Waals surface area (Å²) < 4.78 is 1.75. The minimum atomic E-state index is -0.860. The molecular formula is C14H21N3O2. The Morgan fingerprint density at radius 3 is 2.79 bits per heavy atom. The number of carbonyl (C=O) groups is 1. The van der Waals surface area contributed by atoms with Crippen molar-refractivity contribution < 1.29 is 9.90 Å². The number of aromatic carboxylic acids is 1. The summed E-state index contributed by atoms with van der Waals surface area (Å²) in [7, 11) is 1.85. The number of piperidine rings is 1. The lowest BCUT2D eigenvalue weighted by atomic mass is 9.91. The lowest BCUT2D eigenvalue weighted by Crippen LogP contribution is -2.44. The highest BCUT2D eigenvalue weighted by molar-refractivity contribution is 5.95. The molecule has 104 valence electrons. The van der Waals surface area contributed by atoms with E-state index in [4.69, 9.17) is 0 Å². The van der Waals surface area contributed by atoms with Crippen LogP contribution in [-0.2, 0) is 7.05 Å². The SMILES string of the molecule is Cc1nn(C)c(N2CCCC3CCCC32)c1C(=O)O. The Labute approximate surface area is 113 Å². The van der Waals surface area contributed by atoms with Gasteiger partial charge in [-0.3, -0.25) is 4.68 Å². The predicted octanol–water partition coefficient (Wildman–Crippen LogP) is 2.20. The number of hydrogen-bond acceptors (Lipinski definition) is 3. The van der Waals surface area contributed by atoms with Crippen molar-refractivity contribution in [1.82, 2.24) is 9.78 Å². The fraction of sp³-hybridized carbons (Fsp3) is 0.714. The molecule has 0 bridgehead atoms. The molecule has 0 spiro atoms. The Morgan fingerprint density at radius 2 is 2.05 bits per heavy atom. The molecule has 2 atom stereocenters. The summed E-state index contributed by atoms with van der Waals surface area (Å²) in [5.74, 6) is 0.688. The summed E-state index contributed by atoms with van der Waals surface area (Å²) in [4.78, 5) is 13.8. The highest BCUT2D eigenvalue weighted by atomic mass is 16.4. The molecule has 2 fully saturated rings. The van der Waals surface area contributed by atoms with E-state index in [0.717, 1.165) is 24.7 Å². The molecule has 1 aliphatic heterocycles. The normalized spacial score (nSPS) is 26.5. The number of fused-ring (bicyclic) bond motifs is 1. The van der Waals surface area contributed by atoms with Crippen molar-refractivity contribution in [3.8, 4) is 0 Å². The predicted molar refractivity (Wildman–Crippen MR) is 72.6 cm³/mol. The second-order valence-corrected chi connectivity index (χ2v) is 5.81. The van der Waals surface area contributed by atoms with E-state index in [1.165, 1.54) is 25.7 Å². The molecule has 1 N–H and O–H groups in total. The van der Waals surface area contributed by atoms with Gasteiger partial charge < -0.3 is 10.0 Å². The molecule has 1 aliphatic carbocycles. The fourth-order valence-electron chi connectivity index (χ4n) is 3.94. The standard InChI is InChI=1S/C14H21N3O2/c1-9-12(14(18)19)13(16(2)15-9)17-8-4-6-10-5-3-7-11(10)17/h10-11H,3-8H2,1-2H3,(H,18,19). The van der Waals surface area contributed by atoms with Gasteiger partial charge in [-0.25, -0.2) is 4.79 Å². The Hall–Kier alpha value is -1.52. The van der Waals surface area contributed by atoms with Gasteiger partial charge in [-0.15, -0.1) is 0 Å². The number of rotatable bonds is 2. The monoisotopic (exact) mass is 263 g/mol. The van der Waals surface area contributed by atoms with E-state index in [1.807, 2.05) is 7.05 Å². The number of aromatic nitrogens is 2. The number of hydrogen-bond donors (Lipinski definition) is 1. The van der Waals surface area contributed by atoms with Crippen LogP contribution in [0.4, 0.5) is 5.82 Å². The van der Waals surface area contributed by atoms with Gasteiger partial charge in [-0.1, -0.05) is 6.42 Å². The van der Waals surface area contributed by atoms with Crippen LogP contribution in [0.1, 0.15) is 48.2 Å². The van der Waals surface area contributed by atoms with Gasteiger partial charge in [0.05, 0.1) is 5.69 Å². The van der Waals surface area contributed by atoms with Crippen LogP contribution in [0, 0.1) is 12.8 Å². The minimum absolute atomic E-state index is 0.384. The summed E-state index contributed by atoms with van der Waals surface area (Å²) in [5.41, 5.74) is 1.00. The van der Waals surface area contributed by atoms with E-state index in [-0.39, 0.29) is 0 Å². The van der Waals surface area contributed by atoms with Gasteiger partial charge in [-0.2, -0.15) is 5.10 Å². The maximum absolute atomic E-state index is 11.5. The first-order chi connectivity index (χ1) is 9.09. The molecule has 0 radical (unpaired) electrons. The van der Waals surface area contributed by atoms with Crippen LogP contribution in [0.25, 0.3) is 0 Å². The van der Waals surface area contributed by atoms with E-state index in [9.17, 15) is 9.90 Å². The van der Waals surface area contributed by atoms with E-state index in [1.54, 1.807) is 11.6 Å². The molecule has 0 amide bonds. The number of nitrogens with zero attached hydrogens (tertiary/aromatic N) is 3. The first-order valence-corrected chi connectivity index (χ1v) is 7.13. The van der Waals surface area contributed by atoms with Gasteiger partial charge in [-0.05, 0) is 38.5 Å². The van der Waals surface area contributed by atoms with Crippen LogP contribution in [0.15, 0.2) is 0 Å². The highest BCUT2D eigenvalue weighted by Gasteiger charge is 2.38. The van der Waals surface area contributed by atoms with Gasteiger partial charge >= 0.3 is 5.97 Å². The molecule has 1 aromatic heterocycles. The first-order valence-electron chi connectivity index (χ1n) is 7.13. The molecule has 5 heteroatoms. The topological polar surface area (TPSA) is 58.4 Å². The van der Waals surface area contributed by atoms with Crippen LogP contribution in [0.2, 0.25) is 0 Å². The van der Waals surface area contributed by atoms with Crippen molar-refractivity contribution in [3.05, 3.63) is 11.3 Å². The van der Waals surface area contributed by atoms with Crippen molar-refractivity contribution in [1.29, 1.82) is 0 Å². The lowest BCUT2D eigenvalue weighted by molar-refractivity contribution is 0.0696. The summed E-state index contributed by atoms with van der Waals surface area (Å²) in [6.45, 7) is 2.74. The van der Waals surface area contributed by atoms with Crippen LogP contribution in [0.3, 0.4) is 0 Å². The molecule has 2 heterocycles. The Kier molecular flexibility index (Phi) is 2.99. The first kappa shape index (κ1) is 12.5. The van der Waals surface area contributed by atoms with E-state index in [0.29, 0.717) is 17.3 Å². The lowest BCUT2D eigenvalue weighted by Gasteiger charge is -2.39. The zero-order valence-corrected chi connectivity index (χ0v) is 11.6. The average molecular weight is 263 g/mol. The Bertz CT molecular complexity index is 509. The largest absolute Gasteiger partial charge is 0.477 e. The second-order valence-electron chi connectivity index (χ2n) is 5.81. The molecule has 2 aliphatic rings. The summed E-state index contributed by atoms with van der Waals surface area (Å²) >= 11 is 0. The summed E-state index contributed by atoms with van der Waals surface area (Å²) in [5, 5.41) is 13.8. The van der Waals surface area contributed by atoms with Crippen LogP contribution < -0.4 is 4.90 Å². The number of carboxylic acid groups (broad SMARTS) is 1. The zero-order valence-electron chi connectivity index (χ0n) is 11.6. The van der Waals surface area contributed by atoms with Gasteiger partial charge in [0, 0.05) is 19.6 Å². The maximum atomic E-state index is 11.5. The average Bonchev–Trinajstić information content (AvgIpc) is 2.92. The number of anilines is 1. The smallest absolute Gasteiger partial charge is 0.341 e. The molecule has 2 unspecified atom stereocenters. The van der Waals surface area contributed by atoms with E-state index < -0.39 is 5.97 Å². The quantitative estimate of drug-likeness (QED) is 0.888. The highest BCUT2D eigenvalue weighted by Crippen LogP contribution is 2.40. The van der Waals surface area contributed by atoms with E-state index >= 15 is 0 Å². The third-order valence-electron chi connectivity index (χ3n) is 4.67. The molecule has 5 nitrogen and oxygen atoms in total. The number of aryl methyl sites for hydroxylation is 2. The van der Waals surface area contributed by atoms with Crippen LogP contribution in [-0.4, -0.2) is 33.4 Å². The molecule has 1 aromatic rings. The summed E-state index contributed by atoms with van der Waals surface area (Å²) in [6.07, 6.45) is 6.20. The molecule has 0 aromatic carbocycles. The van der Waals surface area contributed by atoms with Crippen molar-refractivity contribution in [2.24, 2.45) is 13.0 Å². The third-order valence-corrected chi connectivity index (χ3v) is 4.67.